The van der Waals surface area contributed by atoms with Gasteiger partial charge in [-0.05, 0) is 31.9 Å². The van der Waals surface area contributed by atoms with Gasteiger partial charge in [0.2, 0.25) is 11.7 Å². The fraction of sp³-hybridized carbons (Fsp3) is 0.350. The summed E-state index contributed by atoms with van der Waals surface area (Å²) in [5.74, 6) is 1.43. The fourth-order valence-electron chi connectivity index (χ4n) is 2.93. The van der Waals surface area contributed by atoms with E-state index in [1.165, 1.54) is 5.56 Å². The fourth-order valence-corrected chi connectivity index (χ4v) is 2.93. The van der Waals surface area contributed by atoms with Crippen LogP contribution in [-0.2, 0) is 4.79 Å². The summed E-state index contributed by atoms with van der Waals surface area (Å²) in [5, 5.41) is 6.06. The largest absolute Gasteiger partial charge is 0.493 e. The Kier molecular flexibility index (Phi) is 6.33. The molecule has 6 nitrogen and oxygen atoms in total. The molecule has 0 saturated heterocycles. The van der Waals surface area contributed by atoms with Gasteiger partial charge in [-0.3, -0.25) is 4.79 Å². The average Bonchev–Trinajstić information content (AvgIpc) is 2.61. The monoisotopic (exact) mass is 358 g/mol. The third-order valence-corrected chi connectivity index (χ3v) is 4.06. The molecule has 140 valence electrons. The summed E-state index contributed by atoms with van der Waals surface area (Å²) in [5.41, 5.74) is 4.82. The molecule has 2 aromatic rings. The Bertz CT molecular complexity index is 754. The van der Waals surface area contributed by atoms with Crippen molar-refractivity contribution in [2.24, 2.45) is 0 Å². The number of amides is 1. The van der Waals surface area contributed by atoms with Crippen LogP contribution in [0.15, 0.2) is 24.3 Å². The lowest BCUT2D eigenvalue weighted by molar-refractivity contribution is -0.114. The zero-order valence-corrected chi connectivity index (χ0v) is 16.1. The summed E-state index contributed by atoms with van der Waals surface area (Å²) in [6.07, 6.45) is 0. The smallest absolute Gasteiger partial charge is 0.243 e. The minimum Gasteiger partial charge on any atom is -0.493 e. The first kappa shape index (κ1) is 19.4. The summed E-state index contributed by atoms with van der Waals surface area (Å²) < 4.78 is 15.9. The van der Waals surface area contributed by atoms with Crippen LogP contribution in [0.3, 0.4) is 0 Å². The molecule has 0 saturated carbocycles. The topological polar surface area (TPSA) is 68.8 Å². The van der Waals surface area contributed by atoms with Crippen molar-refractivity contribution in [2.45, 2.75) is 20.8 Å². The van der Waals surface area contributed by atoms with Gasteiger partial charge in [-0.25, -0.2) is 0 Å². The molecule has 0 fully saturated rings. The van der Waals surface area contributed by atoms with Gasteiger partial charge >= 0.3 is 0 Å². The van der Waals surface area contributed by atoms with Crippen molar-refractivity contribution in [3.8, 4) is 17.2 Å². The lowest BCUT2D eigenvalue weighted by atomic mass is 10.1. The number of rotatable bonds is 7. The first-order valence-corrected chi connectivity index (χ1v) is 8.31. The van der Waals surface area contributed by atoms with Crippen LogP contribution in [0.25, 0.3) is 0 Å². The number of hydrogen-bond acceptors (Lipinski definition) is 5. The normalized spacial score (nSPS) is 10.2. The van der Waals surface area contributed by atoms with Crippen LogP contribution >= 0.6 is 0 Å². The van der Waals surface area contributed by atoms with E-state index in [-0.39, 0.29) is 12.5 Å². The highest BCUT2D eigenvalue weighted by Crippen LogP contribution is 2.39. The molecule has 0 aliphatic rings. The number of carbonyl (C=O) groups is 1. The van der Waals surface area contributed by atoms with Gasteiger partial charge in [0.15, 0.2) is 11.5 Å². The quantitative estimate of drug-likeness (QED) is 0.790. The van der Waals surface area contributed by atoms with Gasteiger partial charge in [-0.2, -0.15) is 0 Å². The number of methoxy groups -OCH3 is 3. The molecular formula is C20H26N2O4. The molecule has 0 bridgehead atoms. The first-order chi connectivity index (χ1) is 12.4. The summed E-state index contributed by atoms with van der Waals surface area (Å²) in [6, 6.07) is 7.62. The van der Waals surface area contributed by atoms with Crippen molar-refractivity contribution >= 4 is 17.3 Å². The van der Waals surface area contributed by atoms with E-state index < -0.39 is 0 Å². The summed E-state index contributed by atoms with van der Waals surface area (Å²) in [6.45, 7) is 6.13. The van der Waals surface area contributed by atoms with Gasteiger partial charge in [-0.1, -0.05) is 17.7 Å². The van der Waals surface area contributed by atoms with Gasteiger partial charge in [0, 0.05) is 23.5 Å². The van der Waals surface area contributed by atoms with Gasteiger partial charge in [0.25, 0.3) is 0 Å². The van der Waals surface area contributed by atoms with E-state index in [0.29, 0.717) is 22.9 Å². The molecule has 0 aromatic heterocycles. The highest BCUT2D eigenvalue weighted by molar-refractivity contribution is 5.95. The maximum absolute atomic E-state index is 12.3. The molecule has 26 heavy (non-hydrogen) atoms. The van der Waals surface area contributed by atoms with Gasteiger partial charge in [-0.15, -0.1) is 0 Å². The van der Waals surface area contributed by atoms with Crippen molar-refractivity contribution < 1.29 is 19.0 Å². The van der Waals surface area contributed by atoms with E-state index in [2.05, 4.69) is 22.8 Å². The molecule has 0 aliphatic heterocycles. The summed E-state index contributed by atoms with van der Waals surface area (Å²) in [7, 11) is 4.65. The second-order valence-corrected chi connectivity index (χ2v) is 6.09. The zero-order chi connectivity index (χ0) is 19.3. The van der Waals surface area contributed by atoms with Crippen LogP contribution in [0.5, 0.6) is 17.2 Å². The van der Waals surface area contributed by atoms with Crippen molar-refractivity contribution in [1.29, 1.82) is 0 Å². The SMILES string of the molecule is COc1cc(NCC(=O)Nc2c(C)cc(C)cc2C)cc(OC)c1OC. The van der Waals surface area contributed by atoms with E-state index in [9.17, 15) is 4.79 Å². The second kappa shape index (κ2) is 8.47. The Morgan fingerprint density at radius 3 is 1.88 bits per heavy atom. The Morgan fingerprint density at radius 1 is 0.885 bits per heavy atom. The van der Waals surface area contributed by atoms with Crippen molar-refractivity contribution in [2.75, 3.05) is 38.5 Å². The van der Waals surface area contributed by atoms with E-state index in [0.717, 1.165) is 16.8 Å². The lowest BCUT2D eigenvalue weighted by Crippen LogP contribution is -2.22. The van der Waals surface area contributed by atoms with Crippen LogP contribution in [0, 0.1) is 20.8 Å². The molecule has 0 unspecified atom stereocenters. The Labute approximate surface area is 154 Å². The standard InChI is InChI=1S/C20H26N2O4/c1-12-7-13(2)19(14(3)8-12)22-18(23)11-21-15-9-16(24-4)20(26-6)17(10-15)25-5/h7-10,21H,11H2,1-6H3,(H,22,23). The molecule has 2 aromatic carbocycles. The van der Waals surface area contributed by atoms with Crippen LogP contribution < -0.4 is 24.8 Å². The number of ether oxygens (including phenoxy) is 3. The lowest BCUT2D eigenvalue weighted by Gasteiger charge is -2.16. The molecule has 0 atom stereocenters. The zero-order valence-electron chi connectivity index (χ0n) is 16.1. The minimum absolute atomic E-state index is 0.116. The number of carbonyl (C=O) groups excluding carboxylic acids is 1. The van der Waals surface area contributed by atoms with Crippen molar-refractivity contribution in [3.63, 3.8) is 0 Å². The molecule has 0 aliphatic carbocycles. The molecule has 2 N–H and O–H groups in total. The third kappa shape index (κ3) is 4.39. The summed E-state index contributed by atoms with van der Waals surface area (Å²) >= 11 is 0. The Hall–Kier alpha value is -2.89. The molecule has 0 spiro atoms. The molecular weight excluding hydrogens is 332 g/mol. The number of anilines is 2. The van der Waals surface area contributed by atoms with Gasteiger partial charge in [0.05, 0.1) is 27.9 Å². The van der Waals surface area contributed by atoms with Crippen molar-refractivity contribution in [1.82, 2.24) is 0 Å². The molecule has 0 radical (unpaired) electrons. The number of benzene rings is 2. The Balaban J connectivity index is 2.10. The third-order valence-electron chi connectivity index (χ3n) is 4.06. The van der Waals surface area contributed by atoms with Gasteiger partial charge in [0.1, 0.15) is 0 Å². The molecule has 6 heteroatoms. The predicted molar refractivity (Wildman–Crippen MR) is 104 cm³/mol. The van der Waals surface area contributed by atoms with Crippen LogP contribution in [-0.4, -0.2) is 33.8 Å². The maximum Gasteiger partial charge on any atom is 0.243 e. The van der Waals surface area contributed by atoms with E-state index in [1.807, 2.05) is 20.8 Å². The number of nitrogens with one attached hydrogen (secondary N) is 2. The van der Waals surface area contributed by atoms with Crippen LogP contribution in [0.4, 0.5) is 11.4 Å². The highest BCUT2D eigenvalue weighted by atomic mass is 16.5. The van der Waals surface area contributed by atoms with Crippen LogP contribution in [0.2, 0.25) is 0 Å². The maximum atomic E-state index is 12.3. The average molecular weight is 358 g/mol. The highest BCUT2D eigenvalue weighted by Gasteiger charge is 2.14. The molecule has 1 amide bonds. The number of aryl methyl sites for hydroxylation is 3. The second-order valence-electron chi connectivity index (χ2n) is 6.09. The minimum atomic E-state index is -0.131. The summed E-state index contributed by atoms with van der Waals surface area (Å²) in [4.78, 5) is 12.3. The Morgan fingerprint density at radius 2 is 1.42 bits per heavy atom. The molecule has 0 heterocycles. The van der Waals surface area contributed by atoms with E-state index in [4.69, 9.17) is 14.2 Å². The van der Waals surface area contributed by atoms with Crippen LogP contribution in [0.1, 0.15) is 16.7 Å². The van der Waals surface area contributed by atoms with Crippen molar-refractivity contribution in [3.05, 3.63) is 41.0 Å². The number of hydrogen-bond donors (Lipinski definition) is 2. The van der Waals surface area contributed by atoms with Gasteiger partial charge < -0.3 is 24.8 Å². The predicted octanol–water partition coefficient (Wildman–Crippen LogP) is 3.69. The van der Waals surface area contributed by atoms with E-state index in [1.54, 1.807) is 33.5 Å². The first-order valence-electron chi connectivity index (χ1n) is 8.31. The van der Waals surface area contributed by atoms with E-state index >= 15 is 0 Å². The molecule has 2 rings (SSSR count).